The van der Waals surface area contributed by atoms with Crippen molar-refractivity contribution in [1.82, 2.24) is 9.88 Å². The quantitative estimate of drug-likeness (QED) is 0.667. The summed E-state index contributed by atoms with van der Waals surface area (Å²) in [4.78, 5) is 19.1. The number of carbonyl (C=O) groups is 1. The molecule has 0 fully saturated rings. The first-order valence-corrected chi connectivity index (χ1v) is 9.81. The van der Waals surface area contributed by atoms with Gasteiger partial charge in [0.2, 0.25) is 5.91 Å². The van der Waals surface area contributed by atoms with Crippen molar-refractivity contribution in [1.29, 1.82) is 0 Å². The first-order chi connectivity index (χ1) is 13.2. The highest BCUT2D eigenvalue weighted by atomic mass is 35.5. The Morgan fingerprint density at radius 3 is 2.68 bits per heavy atom. The Morgan fingerprint density at radius 2 is 1.89 bits per heavy atom. The summed E-state index contributed by atoms with van der Waals surface area (Å²) in [6.07, 6.45) is 1.26. The maximum Gasteiger partial charge on any atom is 0.230 e. The molecule has 0 saturated carbocycles. The van der Waals surface area contributed by atoms with Crippen LogP contribution in [0.2, 0.25) is 0 Å². The molecule has 1 amide bonds. The zero-order valence-electron chi connectivity index (χ0n) is 15.2. The van der Waals surface area contributed by atoms with Gasteiger partial charge in [0.25, 0.3) is 0 Å². The molecule has 1 aliphatic rings. The Labute approximate surface area is 173 Å². The van der Waals surface area contributed by atoms with E-state index < -0.39 is 0 Å². The molecule has 0 aliphatic carbocycles. The van der Waals surface area contributed by atoms with E-state index >= 15 is 0 Å². The van der Waals surface area contributed by atoms with Crippen LogP contribution in [0.15, 0.2) is 53.9 Å². The van der Waals surface area contributed by atoms with Crippen molar-refractivity contribution < 1.29 is 9.18 Å². The summed E-state index contributed by atoms with van der Waals surface area (Å²) in [7, 11) is 0. The van der Waals surface area contributed by atoms with Gasteiger partial charge in [0.15, 0.2) is 5.13 Å². The molecule has 3 aromatic rings. The Balaban J connectivity index is 0.00000225. The Bertz CT molecular complexity index is 945. The largest absolute Gasteiger partial charge is 0.302 e. The van der Waals surface area contributed by atoms with Gasteiger partial charge in [0.1, 0.15) is 5.82 Å². The fraction of sp³-hybridized carbons (Fsp3) is 0.238. The van der Waals surface area contributed by atoms with Crippen molar-refractivity contribution >= 4 is 34.8 Å². The van der Waals surface area contributed by atoms with Gasteiger partial charge < -0.3 is 5.32 Å². The van der Waals surface area contributed by atoms with Gasteiger partial charge in [-0.1, -0.05) is 36.4 Å². The maximum atomic E-state index is 12.9. The van der Waals surface area contributed by atoms with E-state index in [9.17, 15) is 9.18 Å². The van der Waals surface area contributed by atoms with E-state index in [1.54, 1.807) is 12.1 Å². The molecule has 0 radical (unpaired) electrons. The van der Waals surface area contributed by atoms with E-state index in [0.717, 1.165) is 37.3 Å². The molecule has 1 aliphatic heterocycles. The van der Waals surface area contributed by atoms with Crippen molar-refractivity contribution in [2.75, 3.05) is 11.9 Å². The minimum atomic E-state index is -0.302. The summed E-state index contributed by atoms with van der Waals surface area (Å²) in [5.41, 5.74) is 4.56. The molecule has 0 atom stereocenters. The summed E-state index contributed by atoms with van der Waals surface area (Å²) < 4.78 is 12.9. The van der Waals surface area contributed by atoms with E-state index in [-0.39, 0.29) is 30.6 Å². The molecule has 2 heterocycles. The number of hydrogen-bond donors (Lipinski definition) is 1. The summed E-state index contributed by atoms with van der Waals surface area (Å²) in [5.74, 6) is -0.446. The normalized spacial score (nSPS) is 13.5. The molecule has 1 N–H and O–H groups in total. The van der Waals surface area contributed by atoms with E-state index in [0.29, 0.717) is 5.13 Å². The summed E-state index contributed by atoms with van der Waals surface area (Å²) in [5, 5.41) is 5.43. The fourth-order valence-electron chi connectivity index (χ4n) is 3.31. The second-order valence-electron chi connectivity index (χ2n) is 6.72. The molecule has 28 heavy (non-hydrogen) atoms. The first kappa shape index (κ1) is 20.5. The summed E-state index contributed by atoms with van der Waals surface area (Å²) >= 11 is 1.44. The van der Waals surface area contributed by atoms with E-state index in [4.69, 9.17) is 0 Å². The standard InChI is InChI=1S/C21H20FN3OS.ClH/c22-18-7-5-15(6-8-18)11-20(26)24-21-23-19(14-27-21)13-25-10-9-16-3-1-2-4-17(16)12-25;/h1-8,14H,9-13H2,(H,23,24,26);1H. The fourth-order valence-corrected chi connectivity index (χ4v) is 4.02. The molecule has 0 spiro atoms. The van der Waals surface area contributed by atoms with Crippen LogP contribution in [0.5, 0.6) is 0 Å². The third-order valence-corrected chi connectivity index (χ3v) is 5.48. The minimum Gasteiger partial charge on any atom is -0.302 e. The highest BCUT2D eigenvalue weighted by Gasteiger charge is 2.17. The van der Waals surface area contributed by atoms with Crippen molar-refractivity contribution in [3.05, 3.63) is 82.1 Å². The van der Waals surface area contributed by atoms with Crippen molar-refractivity contribution in [2.24, 2.45) is 0 Å². The predicted molar refractivity (Wildman–Crippen MR) is 112 cm³/mol. The molecule has 0 saturated heterocycles. The van der Waals surface area contributed by atoms with E-state index in [1.807, 2.05) is 5.38 Å². The first-order valence-electron chi connectivity index (χ1n) is 8.93. The van der Waals surface area contributed by atoms with Crippen LogP contribution in [0, 0.1) is 5.82 Å². The van der Waals surface area contributed by atoms with Crippen LogP contribution in [-0.4, -0.2) is 22.3 Å². The van der Waals surface area contributed by atoms with Crippen molar-refractivity contribution in [2.45, 2.75) is 25.9 Å². The predicted octanol–water partition coefficient (Wildman–Crippen LogP) is 4.44. The smallest absolute Gasteiger partial charge is 0.230 e. The number of benzene rings is 2. The van der Waals surface area contributed by atoms with Crippen LogP contribution in [0.4, 0.5) is 9.52 Å². The number of hydrogen-bond acceptors (Lipinski definition) is 4. The Morgan fingerprint density at radius 1 is 1.14 bits per heavy atom. The number of carbonyl (C=O) groups excluding carboxylic acids is 1. The van der Waals surface area contributed by atoms with Gasteiger partial charge in [-0.2, -0.15) is 0 Å². The zero-order chi connectivity index (χ0) is 18.6. The van der Waals surface area contributed by atoms with Gasteiger partial charge in [0.05, 0.1) is 12.1 Å². The second kappa shape index (κ2) is 9.28. The topological polar surface area (TPSA) is 45.2 Å². The lowest BCUT2D eigenvalue weighted by Gasteiger charge is -2.27. The number of nitrogens with one attached hydrogen (secondary N) is 1. The van der Waals surface area contributed by atoms with Gasteiger partial charge >= 0.3 is 0 Å². The average Bonchev–Trinajstić information content (AvgIpc) is 3.10. The number of aromatic nitrogens is 1. The van der Waals surface area contributed by atoms with Gasteiger partial charge in [-0.05, 0) is 35.2 Å². The molecule has 146 valence electrons. The van der Waals surface area contributed by atoms with E-state index in [1.165, 1.54) is 34.6 Å². The molecule has 4 nitrogen and oxygen atoms in total. The van der Waals surface area contributed by atoms with Gasteiger partial charge in [-0.15, -0.1) is 23.7 Å². The van der Waals surface area contributed by atoms with Crippen LogP contribution < -0.4 is 5.32 Å². The highest BCUT2D eigenvalue weighted by Crippen LogP contribution is 2.22. The number of rotatable bonds is 5. The van der Waals surface area contributed by atoms with Gasteiger partial charge in [-0.25, -0.2) is 9.37 Å². The molecular formula is C21H21ClFN3OS. The summed E-state index contributed by atoms with van der Waals surface area (Å²) in [6.45, 7) is 2.72. The van der Waals surface area contributed by atoms with Gasteiger partial charge in [0, 0.05) is 25.0 Å². The molecular weight excluding hydrogens is 397 g/mol. The Kier molecular flexibility index (Phi) is 6.78. The number of thiazole rings is 1. The van der Waals surface area contributed by atoms with Crippen molar-refractivity contribution in [3.8, 4) is 0 Å². The molecule has 2 aromatic carbocycles. The molecule has 1 aromatic heterocycles. The molecule has 0 bridgehead atoms. The SMILES string of the molecule is Cl.O=C(Cc1ccc(F)cc1)Nc1nc(CN2CCc3ccccc3C2)cs1. The molecule has 0 unspecified atom stereocenters. The monoisotopic (exact) mass is 417 g/mol. The van der Waals surface area contributed by atoms with Crippen molar-refractivity contribution in [3.63, 3.8) is 0 Å². The van der Waals surface area contributed by atoms with Crippen LogP contribution >= 0.6 is 23.7 Å². The minimum absolute atomic E-state index is 0. The zero-order valence-corrected chi connectivity index (χ0v) is 16.9. The summed E-state index contributed by atoms with van der Waals surface area (Å²) in [6, 6.07) is 14.5. The van der Waals surface area contributed by atoms with Gasteiger partial charge in [-0.3, -0.25) is 9.69 Å². The second-order valence-corrected chi connectivity index (χ2v) is 7.58. The molecule has 7 heteroatoms. The average molecular weight is 418 g/mol. The van der Waals surface area contributed by atoms with E-state index in [2.05, 4.69) is 39.5 Å². The molecule has 4 rings (SSSR count). The maximum absolute atomic E-state index is 12.9. The lowest BCUT2D eigenvalue weighted by Crippen LogP contribution is -2.30. The number of halogens is 2. The third kappa shape index (κ3) is 5.16. The van der Waals surface area contributed by atoms with Crippen LogP contribution in [-0.2, 0) is 30.7 Å². The van der Waals surface area contributed by atoms with Crippen LogP contribution in [0.25, 0.3) is 0 Å². The lowest BCUT2D eigenvalue weighted by molar-refractivity contribution is -0.115. The number of anilines is 1. The lowest BCUT2D eigenvalue weighted by atomic mass is 10.00. The number of fused-ring (bicyclic) bond motifs is 1. The Hall–Kier alpha value is -2.28. The van der Waals surface area contributed by atoms with Crippen LogP contribution in [0.3, 0.4) is 0 Å². The number of amides is 1. The highest BCUT2D eigenvalue weighted by molar-refractivity contribution is 7.13. The number of nitrogens with zero attached hydrogens (tertiary/aromatic N) is 2. The van der Waals surface area contributed by atoms with Crippen LogP contribution in [0.1, 0.15) is 22.4 Å². The third-order valence-electron chi connectivity index (χ3n) is 4.67.